The van der Waals surface area contributed by atoms with Crippen LogP contribution in [0.5, 0.6) is 0 Å². The van der Waals surface area contributed by atoms with Gasteiger partial charge in [0.1, 0.15) is 0 Å². The van der Waals surface area contributed by atoms with E-state index < -0.39 is 0 Å². The standard InChI is InChI=1S/C21H26N2O/c1-16-5-6-17(2)19(13-16)14-21(24)22-15-18-7-9-20(10-8-18)23-11-3-4-12-23/h5-10,13H,3-4,11-12,14-15H2,1-2H3,(H,22,24). The van der Waals surface area contributed by atoms with Crippen molar-refractivity contribution in [3.8, 4) is 0 Å². The lowest BCUT2D eigenvalue weighted by Crippen LogP contribution is -2.25. The quantitative estimate of drug-likeness (QED) is 0.909. The van der Waals surface area contributed by atoms with Crippen LogP contribution in [0.15, 0.2) is 42.5 Å². The fourth-order valence-corrected chi connectivity index (χ4v) is 3.23. The number of carbonyl (C=O) groups is 1. The normalized spacial score (nSPS) is 14.0. The van der Waals surface area contributed by atoms with Crippen LogP contribution in [-0.2, 0) is 17.8 Å². The maximum atomic E-state index is 12.2. The number of nitrogens with one attached hydrogen (secondary N) is 1. The van der Waals surface area contributed by atoms with E-state index in [9.17, 15) is 4.79 Å². The highest BCUT2D eigenvalue weighted by molar-refractivity contribution is 5.79. The predicted molar refractivity (Wildman–Crippen MR) is 99.4 cm³/mol. The lowest BCUT2D eigenvalue weighted by Gasteiger charge is -2.17. The Bertz CT molecular complexity index is 700. The van der Waals surface area contributed by atoms with E-state index in [4.69, 9.17) is 0 Å². The Labute approximate surface area is 144 Å². The summed E-state index contributed by atoms with van der Waals surface area (Å²) in [6, 6.07) is 14.8. The van der Waals surface area contributed by atoms with Crippen LogP contribution in [0.4, 0.5) is 5.69 Å². The minimum atomic E-state index is 0.0762. The highest BCUT2D eigenvalue weighted by atomic mass is 16.1. The highest BCUT2D eigenvalue weighted by Gasteiger charge is 2.12. The van der Waals surface area contributed by atoms with Crippen molar-refractivity contribution in [1.82, 2.24) is 5.32 Å². The van der Waals surface area contributed by atoms with Crippen LogP contribution in [-0.4, -0.2) is 19.0 Å². The largest absolute Gasteiger partial charge is 0.372 e. The molecule has 1 aliphatic heterocycles. The van der Waals surface area contributed by atoms with Crippen molar-refractivity contribution in [1.29, 1.82) is 0 Å². The summed E-state index contributed by atoms with van der Waals surface area (Å²) >= 11 is 0. The van der Waals surface area contributed by atoms with Gasteiger partial charge in [0.2, 0.25) is 5.91 Å². The summed E-state index contributed by atoms with van der Waals surface area (Å²) < 4.78 is 0. The van der Waals surface area contributed by atoms with Crippen molar-refractivity contribution in [2.45, 2.75) is 39.7 Å². The number of benzene rings is 2. The summed E-state index contributed by atoms with van der Waals surface area (Å²) in [5, 5.41) is 3.03. The van der Waals surface area contributed by atoms with E-state index in [0.717, 1.165) is 24.2 Å². The third kappa shape index (κ3) is 4.16. The van der Waals surface area contributed by atoms with Crippen LogP contribution in [0.2, 0.25) is 0 Å². The molecule has 1 aliphatic rings. The zero-order valence-corrected chi connectivity index (χ0v) is 14.6. The molecule has 0 radical (unpaired) electrons. The number of rotatable bonds is 5. The average molecular weight is 322 g/mol. The number of aryl methyl sites for hydroxylation is 2. The molecule has 3 heteroatoms. The maximum Gasteiger partial charge on any atom is 0.224 e. The molecule has 3 nitrogen and oxygen atoms in total. The van der Waals surface area contributed by atoms with Gasteiger partial charge in [0.05, 0.1) is 6.42 Å². The first-order chi connectivity index (χ1) is 11.6. The van der Waals surface area contributed by atoms with Gasteiger partial charge in [0.15, 0.2) is 0 Å². The minimum absolute atomic E-state index is 0.0762. The van der Waals surface area contributed by atoms with E-state index in [0.29, 0.717) is 13.0 Å². The van der Waals surface area contributed by atoms with Crippen LogP contribution < -0.4 is 10.2 Å². The van der Waals surface area contributed by atoms with Crippen LogP contribution in [0.1, 0.15) is 35.1 Å². The molecular weight excluding hydrogens is 296 g/mol. The molecule has 1 amide bonds. The molecule has 24 heavy (non-hydrogen) atoms. The molecular formula is C21H26N2O. The highest BCUT2D eigenvalue weighted by Crippen LogP contribution is 2.20. The molecule has 3 rings (SSSR count). The molecule has 0 aromatic heterocycles. The van der Waals surface area contributed by atoms with E-state index in [1.54, 1.807) is 0 Å². The van der Waals surface area contributed by atoms with Crippen molar-refractivity contribution in [3.05, 3.63) is 64.7 Å². The Kier molecular flexibility index (Phi) is 5.19. The lowest BCUT2D eigenvalue weighted by molar-refractivity contribution is -0.120. The number of nitrogens with zero attached hydrogens (tertiary/aromatic N) is 1. The fourth-order valence-electron chi connectivity index (χ4n) is 3.23. The molecule has 1 saturated heterocycles. The molecule has 0 atom stereocenters. The second kappa shape index (κ2) is 7.52. The molecule has 1 fully saturated rings. The van der Waals surface area contributed by atoms with Gasteiger partial charge in [-0.15, -0.1) is 0 Å². The van der Waals surface area contributed by atoms with Crippen LogP contribution in [0, 0.1) is 13.8 Å². The fraction of sp³-hybridized carbons (Fsp3) is 0.381. The first kappa shape index (κ1) is 16.6. The SMILES string of the molecule is Cc1ccc(C)c(CC(=O)NCc2ccc(N3CCCC3)cc2)c1. The van der Waals surface area contributed by atoms with Gasteiger partial charge in [-0.1, -0.05) is 35.9 Å². The summed E-state index contributed by atoms with van der Waals surface area (Å²) in [6.07, 6.45) is 3.02. The van der Waals surface area contributed by atoms with Crippen molar-refractivity contribution >= 4 is 11.6 Å². The lowest BCUT2D eigenvalue weighted by atomic mass is 10.0. The molecule has 0 aliphatic carbocycles. The zero-order valence-electron chi connectivity index (χ0n) is 14.6. The zero-order chi connectivity index (χ0) is 16.9. The minimum Gasteiger partial charge on any atom is -0.372 e. The summed E-state index contributed by atoms with van der Waals surface area (Å²) in [6.45, 7) is 7.02. The van der Waals surface area contributed by atoms with Crippen LogP contribution in [0.25, 0.3) is 0 Å². The Morgan fingerprint density at radius 3 is 2.46 bits per heavy atom. The van der Waals surface area contributed by atoms with Gasteiger partial charge >= 0.3 is 0 Å². The van der Waals surface area contributed by atoms with Gasteiger partial charge in [-0.3, -0.25) is 4.79 Å². The Morgan fingerprint density at radius 2 is 1.75 bits per heavy atom. The monoisotopic (exact) mass is 322 g/mol. The van der Waals surface area contributed by atoms with E-state index in [-0.39, 0.29) is 5.91 Å². The second-order valence-corrected chi connectivity index (χ2v) is 6.74. The third-order valence-electron chi connectivity index (χ3n) is 4.75. The molecule has 1 heterocycles. The summed E-state index contributed by atoms with van der Waals surface area (Å²) in [7, 11) is 0. The predicted octanol–water partition coefficient (Wildman–Crippen LogP) is 3.76. The van der Waals surface area contributed by atoms with E-state index >= 15 is 0 Å². The molecule has 0 bridgehead atoms. The molecule has 0 spiro atoms. The molecule has 2 aromatic carbocycles. The van der Waals surface area contributed by atoms with Gasteiger partial charge < -0.3 is 10.2 Å². The summed E-state index contributed by atoms with van der Waals surface area (Å²) in [5.41, 5.74) is 5.91. The average Bonchev–Trinajstić information content (AvgIpc) is 3.11. The van der Waals surface area contributed by atoms with E-state index in [1.165, 1.54) is 29.7 Å². The summed E-state index contributed by atoms with van der Waals surface area (Å²) in [4.78, 5) is 14.6. The van der Waals surface area contributed by atoms with Crippen molar-refractivity contribution < 1.29 is 4.79 Å². The first-order valence-electron chi connectivity index (χ1n) is 8.78. The van der Waals surface area contributed by atoms with Crippen LogP contribution in [0.3, 0.4) is 0 Å². The van der Waals surface area contributed by atoms with Crippen molar-refractivity contribution in [2.24, 2.45) is 0 Å². The van der Waals surface area contributed by atoms with Gasteiger partial charge in [0, 0.05) is 25.3 Å². The van der Waals surface area contributed by atoms with Gasteiger partial charge in [-0.2, -0.15) is 0 Å². The van der Waals surface area contributed by atoms with Gasteiger partial charge in [-0.25, -0.2) is 0 Å². The molecule has 2 aromatic rings. The van der Waals surface area contributed by atoms with Gasteiger partial charge in [0.25, 0.3) is 0 Å². The molecule has 126 valence electrons. The smallest absolute Gasteiger partial charge is 0.224 e. The Hall–Kier alpha value is -2.29. The second-order valence-electron chi connectivity index (χ2n) is 6.74. The number of anilines is 1. The third-order valence-corrected chi connectivity index (χ3v) is 4.75. The number of hydrogen-bond donors (Lipinski definition) is 1. The molecule has 0 saturated carbocycles. The van der Waals surface area contributed by atoms with Crippen molar-refractivity contribution in [3.63, 3.8) is 0 Å². The van der Waals surface area contributed by atoms with Crippen molar-refractivity contribution in [2.75, 3.05) is 18.0 Å². The number of amides is 1. The number of hydrogen-bond acceptors (Lipinski definition) is 2. The first-order valence-corrected chi connectivity index (χ1v) is 8.78. The van der Waals surface area contributed by atoms with E-state index in [2.05, 4.69) is 66.5 Å². The van der Waals surface area contributed by atoms with E-state index in [1.807, 2.05) is 0 Å². The van der Waals surface area contributed by atoms with Gasteiger partial charge in [-0.05, 0) is 55.5 Å². The number of carbonyl (C=O) groups excluding carboxylic acids is 1. The Morgan fingerprint density at radius 1 is 1.04 bits per heavy atom. The topological polar surface area (TPSA) is 32.3 Å². The summed E-state index contributed by atoms with van der Waals surface area (Å²) in [5.74, 6) is 0.0762. The maximum absolute atomic E-state index is 12.2. The molecule has 0 unspecified atom stereocenters. The Balaban J connectivity index is 1.53. The van der Waals surface area contributed by atoms with Crippen LogP contribution >= 0.6 is 0 Å². The molecule has 1 N–H and O–H groups in total.